The van der Waals surface area contributed by atoms with Crippen molar-refractivity contribution in [3.63, 3.8) is 0 Å². The average molecular weight is 431 g/mol. The van der Waals surface area contributed by atoms with Gasteiger partial charge < -0.3 is 24.3 Å². The van der Waals surface area contributed by atoms with Crippen molar-refractivity contribution in [1.82, 2.24) is 10.2 Å². The van der Waals surface area contributed by atoms with Crippen LogP contribution in [0.2, 0.25) is 0 Å². The second-order valence-electron chi connectivity index (χ2n) is 9.91. The average Bonchev–Trinajstić information content (AvgIpc) is 2.84. The van der Waals surface area contributed by atoms with Crippen molar-refractivity contribution in [3.05, 3.63) is 0 Å². The Labute approximate surface area is 179 Å². The van der Waals surface area contributed by atoms with Gasteiger partial charge in [0, 0.05) is 0 Å². The molecule has 2 atom stereocenters. The largest absolute Gasteiger partial charge is 0.467 e. The monoisotopic (exact) mass is 430 g/mol. The van der Waals surface area contributed by atoms with Crippen molar-refractivity contribution in [3.8, 4) is 0 Å². The predicted octanol–water partition coefficient (Wildman–Crippen LogP) is 3.60. The molecule has 30 heavy (non-hydrogen) atoms. The molecule has 9 nitrogen and oxygen atoms in total. The number of rotatable bonds is 6. The molecule has 9 heteroatoms. The lowest BCUT2D eigenvalue weighted by Crippen LogP contribution is -2.50. The number of hydrogen-bond acceptors (Lipinski definition) is 7. The molecule has 0 aromatic carbocycles. The molecule has 0 aliphatic carbocycles. The van der Waals surface area contributed by atoms with Crippen LogP contribution in [-0.4, -0.2) is 65.8 Å². The summed E-state index contributed by atoms with van der Waals surface area (Å²) in [6, 6.07) is -1.04. The Kier molecular flexibility index (Phi) is 8.54. The predicted molar refractivity (Wildman–Crippen MR) is 111 cm³/mol. The molecule has 0 aromatic rings. The van der Waals surface area contributed by atoms with Crippen LogP contribution < -0.4 is 5.32 Å². The van der Waals surface area contributed by atoms with E-state index in [9.17, 15) is 14.4 Å². The van der Waals surface area contributed by atoms with Crippen molar-refractivity contribution in [2.24, 2.45) is 0 Å². The van der Waals surface area contributed by atoms with E-state index in [1.165, 1.54) is 7.11 Å². The van der Waals surface area contributed by atoms with E-state index in [2.05, 4.69) is 5.32 Å². The number of alkyl carbamates (subject to hydrolysis) is 1. The van der Waals surface area contributed by atoms with Gasteiger partial charge in [-0.3, -0.25) is 4.90 Å². The molecule has 0 saturated carbocycles. The summed E-state index contributed by atoms with van der Waals surface area (Å²) in [4.78, 5) is 38.4. The number of nitrogens with one attached hydrogen (secondary N) is 1. The molecule has 0 spiro atoms. The van der Waals surface area contributed by atoms with E-state index in [0.29, 0.717) is 25.9 Å². The summed E-state index contributed by atoms with van der Waals surface area (Å²) in [6.07, 6.45) is 0.348. The number of hydrogen-bond donors (Lipinski definition) is 1. The number of esters is 1. The standard InChI is InChI=1S/C21H38N2O7/c1-19(2,3)29-17(25)22-15(16(24)27-9)12-10-11-14-13-28-21(7,8)23(14)18(26)30-20(4,5)6/h14-15H,10-13H2,1-9H3,(H,22,25)/t14-,15+/m1/s1. The van der Waals surface area contributed by atoms with Gasteiger partial charge in [0.25, 0.3) is 0 Å². The zero-order chi connectivity index (χ0) is 23.3. The van der Waals surface area contributed by atoms with Crippen LogP contribution >= 0.6 is 0 Å². The summed E-state index contributed by atoms with van der Waals surface area (Å²) in [6.45, 7) is 14.7. The smallest absolute Gasteiger partial charge is 0.412 e. The van der Waals surface area contributed by atoms with Crippen LogP contribution in [0, 0.1) is 0 Å². The van der Waals surface area contributed by atoms with Crippen LogP contribution in [0.3, 0.4) is 0 Å². The molecule has 1 aliphatic heterocycles. The minimum Gasteiger partial charge on any atom is -0.467 e. The van der Waals surface area contributed by atoms with Gasteiger partial charge in [-0.25, -0.2) is 14.4 Å². The lowest BCUT2D eigenvalue weighted by Gasteiger charge is -2.35. The number of carbonyl (C=O) groups is 3. The maximum Gasteiger partial charge on any atom is 0.412 e. The van der Waals surface area contributed by atoms with E-state index in [-0.39, 0.29) is 6.04 Å². The maximum atomic E-state index is 12.7. The second kappa shape index (κ2) is 9.85. The first-order valence-electron chi connectivity index (χ1n) is 10.3. The highest BCUT2D eigenvalue weighted by Gasteiger charge is 2.45. The highest BCUT2D eigenvalue weighted by molar-refractivity contribution is 5.81. The molecular formula is C21H38N2O7. The van der Waals surface area contributed by atoms with Crippen molar-refractivity contribution in [2.75, 3.05) is 13.7 Å². The molecule has 1 rings (SSSR count). The molecule has 1 N–H and O–H groups in total. The Morgan fingerprint density at radius 2 is 1.67 bits per heavy atom. The fourth-order valence-electron chi connectivity index (χ4n) is 3.17. The highest BCUT2D eigenvalue weighted by Crippen LogP contribution is 2.31. The first-order chi connectivity index (χ1) is 13.6. The van der Waals surface area contributed by atoms with Crippen LogP contribution in [0.25, 0.3) is 0 Å². The molecule has 1 saturated heterocycles. The molecule has 174 valence electrons. The quantitative estimate of drug-likeness (QED) is 0.507. The van der Waals surface area contributed by atoms with Gasteiger partial charge in [0.2, 0.25) is 0 Å². The third kappa shape index (κ3) is 8.38. The third-order valence-corrected chi connectivity index (χ3v) is 4.37. The number of carbonyl (C=O) groups excluding carboxylic acids is 3. The minimum atomic E-state index is -0.838. The Bertz CT molecular complexity index is 620. The molecule has 2 amide bonds. The molecule has 0 unspecified atom stereocenters. The van der Waals surface area contributed by atoms with E-state index in [4.69, 9.17) is 18.9 Å². The van der Waals surface area contributed by atoms with Gasteiger partial charge in [-0.2, -0.15) is 0 Å². The zero-order valence-corrected chi connectivity index (χ0v) is 19.8. The summed E-state index contributed by atoms with van der Waals surface area (Å²) in [5, 5.41) is 2.56. The zero-order valence-electron chi connectivity index (χ0n) is 19.8. The van der Waals surface area contributed by atoms with E-state index >= 15 is 0 Å². The Balaban J connectivity index is 2.73. The van der Waals surface area contributed by atoms with E-state index in [1.807, 2.05) is 34.6 Å². The van der Waals surface area contributed by atoms with Gasteiger partial charge in [-0.05, 0) is 74.7 Å². The van der Waals surface area contributed by atoms with Crippen molar-refractivity contribution in [1.29, 1.82) is 0 Å². The summed E-state index contributed by atoms with van der Waals surface area (Å²) in [7, 11) is 1.27. The lowest BCUT2D eigenvalue weighted by atomic mass is 10.0. The molecule has 1 fully saturated rings. The van der Waals surface area contributed by atoms with Crippen molar-refractivity contribution < 1.29 is 33.3 Å². The number of ether oxygens (including phenoxy) is 4. The third-order valence-electron chi connectivity index (χ3n) is 4.37. The van der Waals surface area contributed by atoms with Gasteiger partial charge in [0.15, 0.2) is 0 Å². The topological polar surface area (TPSA) is 103 Å². The number of amides is 2. The van der Waals surface area contributed by atoms with Crippen LogP contribution in [0.1, 0.15) is 74.7 Å². The SMILES string of the molecule is COC(=O)[C@H](CCC[C@@H]1COC(C)(C)N1C(=O)OC(C)(C)C)NC(=O)OC(C)(C)C. The van der Waals surface area contributed by atoms with E-state index in [1.54, 1.807) is 25.7 Å². The van der Waals surface area contributed by atoms with Gasteiger partial charge in [-0.1, -0.05) is 0 Å². The fraction of sp³-hybridized carbons (Fsp3) is 0.857. The van der Waals surface area contributed by atoms with Crippen molar-refractivity contribution >= 4 is 18.2 Å². The summed E-state index contributed by atoms with van der Waals surface area (Å²) < 4.78 is 21.3. The lowest BCUT2D eigenvalue weighted by molar-refractivity contribution is -0.143. The normalized spacial score (nSPS) is 19.8. The Morgan fingerprint density at radius 1 is 1.10 bits per heavy atom. The van der Waals surface area contributed by atoms with E-state index < -0.39 is 41.1 Å². The van der Waals surface area contributed by atoms with Gasteiger partial charge in [0.05, 0.1) is 19.8 Å². The summed E-state index contributed by atoms with van der Waals surface area (Å²) in [5.74, 6) is -0.548. The van der Waals surface area contributed by atoms with Gasteiger partial charge >= 0.3 is 18.2 Å². The molecule has 0 bridgehead atoms. The summed E-state index contributed by atoms with van der Waals surface area (Å²) >= 11 is 0. The van der Waals surface area contributed by atoms with Crippen LogP contribution in [0.4, 0.5) is 9.59 Å². The number of methoxy groups -OCH3 is 1. The first kappa shape index (κ1) is 26.0. The molecular weight excluding hydrogens is 392 g/mol. The Hall–Kier alpha value is -2.03. The molecule has 1 heterocycles. The second-order valence-corrected chi connectivity index (χ2v) is 9.91. The molecule has 0 radical (unpaired) electrons. The van der Waals surface area contributed by atoms with Crippen LogP contribution in [0.15, 0.2) is 0 Å². The highest BCUT2D eigenvalue weighted by atomic mass is 16.6. The minimum absolute atomic E-state index is 0.199. The summed E-state index contributed by atoms with van der Waals surface area (Å²) in [5.41, 5.74) is -2.08. The van der Waals surface area contributed by atoms with E-state index in [0.717, 1.165) is 0 Å². The fourth-order valence-corrected chi connectivity index (χ4v) is 3.17. The van der Waals surface area contributed by atoms with Crippen LogP contribution in [0.5, 0.6) is 0 Å². The first-order valence-corrected chi connectivity index (χ1v) is 10.3. The maximum absolute atomic E-state index is 12.7. The molecule has 1 aliphatic rings. The molecule has 0 aromatic heterocycles. The van der Waals surface area contributed by atoms with Crippen molar-refractivity contribution in [2.45, 2.75) is 104 Å². The van der Waals surface area contributed by atoms with Crippen LogP contribution in [-0.2, 0) is 23.7 Å². The number of nitrogens with zero attached hydrogens (tertiary/aromatic N) is 1. The Morgan fingerprint density at radius 3 is 2.17 bits per heavy atom. The van der Waals surface area contributed by atoms with Gasteiger partial charge in [0.1, 0.15) is 23.0 Å². The van der Waals surface area contributed by atoms with Gasteiger partial charge in [-0.15, -0.1) is 0 Å².